The van der Waals surface area contributed by atoms with Gasteiger partial charge in [-0.25, -0.2) is 13.4 Å². The van der Waals surface area contributed by atoms with Crippen molar-refractivity contribution in [2.24, 2.45) is 5.92 Å². The summed E-state index contributed by atoms with van der Waals surface area (Å²) in [6, 6.07) is 6.93. The molecule has 1 aromatic carbocycles. The summed E-state index contributed by atoms with van der Waals surface area (Å²) in [6.45, 7) is 1.58. The fourth-order valence-electron chi connectivity index (χ4n) is 2.47. The lowest BCUT2D eigenvalue weighted by atomic mass is 10.1. The van der Waals surface area contributed by atoms with Gasteiger partial charge in [-0.3, -0.25) is 9.52 Å². The molecule has 1 unspecified atom stereocenters. The van der Waals surface area contributed by atoms with Crippen molar-refractivity contribution in [2.75, 3.05) is 29.4 Å². The minimum Gasteiger partial charge on any atom is -0.316 e. The van der Waals surface area contributed by atoms with E-state index < -0.39 is 10.0 Å². The van der Waals surface area contributed by atoms with E-state index in [9.17, 15) is 13.2 Å². The molecule has 0 bridgehead atoms. The van der Waals surface area contributed by atoms with E-state index in [0.717, 1.165) is 30.5 Å². The Balaban J connectivity index is 0.00000225. The molecule has 25 heavy (non-hydrogen) atoms. The molecule has 0 aliphatic carbocycles. The van der Waals surface area contributed by atoms with Crippen LogP contribution >= 0.6 is 23.7 Å². The van der Waals surface area contributed by atoms with Gasteiger partial charge in [0, 0.05) is 23.2 Å². The van der Waals surface area contributed by atoms with Gasteiger partial charge < -0.3 is 10.6 Å². The van der Waals surface area contributed by atoms with Crippen molar-refractivity contribution in [3.8, 4) is 11.3 Å². The normalized spacial score (nSPS) is 16.9. The van der Waals surface area contributed by atoms with Crippen molar-refractivity contribution in [1.29, 1.82) is 0 Å². The maximum atomic E-state index is 12.1. The van der Waals surface area contributed by atoms with Crippen LogP contribution in [0.15, 0.2) is 29.6 Å². The zero-order valence-electron chi connectivity index (χ0n) is 13.5. The largest absolute Gasteiger partial charge is 0.316 e. The third-order valence-corrected chi connectivity index (χ3v) is 5.01. The molecule has 136 valence electrons. The van der Waals surface area contributed by atoms with Gasteiger partial charge in [0.05, 0.1) is 17.9 Å². The van der Waals surface area contributed by atoms with Crippen molar-refractivity contribution in [2.45, 2.75) is 6.42 Å². The van der Waals surface area contributed by atoms with Crippen LogP contribution in [0.3, 0.4) is 0 Å². The SMILES string of the molecule is CS(=O)(=O)Nc1ccc(-c2csc(NC(=O)C3CCNC3)n2)cc1.Cl. The average Bonchev–Trinajstić information content (AvgIpc) is 3.17. The Labute approximate surface area is 156 Å². The van der Waals surface area contributed by atoms with Crippen LogP contribution in [0.1, 0.15) is 6.42 Å². The highest BCUT2D eigenvalue weighted by molar-refractivity contribution is 7.92. The number of halogens is 1. The second-order valence-corrected chi connectivity index (χ2v) is 8.28. The molecular weight excluding hydrogens is 384 g/mol. The zero-order chi connectivity index (χ0) is 17.2. The van der Waals surface area contributed by atoms with Gasteiger partial charge in [-0.15, -0.1) is 23.7 Å². The van der Waals surface area contributed by atoms with Gasteiger partial charge in [-0.1, -0.05) is 12.1 Å². The van der Waals surface area contributed by atoms with Crippen LogP contribution in [0, 0.1) is 5.92 Å². The van der Waals surface area contributed by atoms with Crippen molar-refractivity contribution >= 4 is 50.5 Å². The number of rotatable bonds is 5. The molecule has 1 atom stereocenters. The molecule has 0 saturated carbocycles. The topological polar surface area (TPSA) is 100 Å². The quantitative estimate of drug-likeness (QED) is 0.711. The van der Waals surface area contributed by atoms with E-state index in [-0.39, 0.29) is 24.2 Å². The molecule has 7 nitrogen and oxygen atoms in total. The molecule has 1 aromatic heterocycles. The molecule has 0 radical (unpaired) electrons. The minimum absolute atomic E-state index is 0. The Morgan fingerprint density at radius 2 is 2.04 bits per heavy atom. The first-order valence-electron chi connectivity index (χ1n) is 7.46. The highest BCUT2D eigenvalue weighted by Crippen LogP contribution is 2.26. The van der Waals surface area contributed by atoms with Crippen LogP contribution in [0.4, 0.5) is 10.8 Å². The number of amides is 1. The van der Waals surface area contributed by atoms with Gasteiger partial charge in [0.2, 0.25) is 15.9 Å². The van der Waals surface area contributed by atoms with E-state index in [0.29, 0.717) is 17.4 Å². The Morgan fingerprint density at radius 1 is 1.32 bits per heavy atom. The number of benzene rings is 1. The first-order chi connectivity index (χ1) is 11.4. The number of hydrogen-bond donors (Lipinski definition) is 3. The van der Waals surface area contributed by atoms with Crippen LogP contribution in [0.25, 0.3) is 11.3 Å². The van der Waals surface area contributed by atoms with Gasteiger partial charge in [-0.05, 0) is 25.1 Å². The monoisotopic (exact) mass is 402 g/mol. The van der Waals surface area contributed by atoms with Gasteiger partial charge in [0.1, 0.15) is 0 Å². The second-order valence-electron chi connectivity index (χ2n) is 5.67. The lowest BCUT2D eigenvalue weighted by Crippen LogP contribution is -2.24. The molecule has 3 rings (SSSR count). The summed E-state index contributed by atoms with van der Waals surface area (Å²) in [5.74, 6) is -0.00713. The smallest absolute Gasteiger partial charge is 0.230 e. The number of carbonyl (C=O) groups excluding carboxylic acids is 1. The van der Waals surface area contributed by atoms with E-state index >= 15 is 0 Å². The van der Waals surface area contributed by atoms with Crippen molar-refractivity contribution in [1.82, 2.24) is 10.3 Å². The number of nitrogens with zero attached hydrogens (tertiary/aromatic N) is 1. The fourth-order valence-corrected chi connectivity index (χ4v) is 3.76. The molecule has 10 heteroatoms. The van der Waals surface area contributed by atoms with Gasteiger partial charge in [-0.2, -0.15) is 0 Å². The predicted octanol–water partition coefficient (Wildman–Crippen LogP) is 2.15. The van der Waals surface area contributed by atoms with E-state index in [4.69, 9.17) is 0 Å². The van der Waals surface area contributed by atoms with Gasteiger partial charge >= 0.3 is 0 Å². The van der Waals surface area contributed by atoms with Crippen LogP contribution in [-0.4, -0.2) is 38.7 Å². The molecule has 3 N–H and O–H groups in total. The van der Waals surface area contributed by atoms with Crippen molar-refractivity contribution in [3.05, 3.63) is 29.6 Å². The van der Waals surface area contributed by atoms with E-state index in [1.807, 2.05) is 5.38 Å². The van der Waals surface area contributed by atoms with Gasteiger partial charge in [0.25, 0.3) is 0 Å². The standard InChI is InChI=1S/C15H18N4O3S2.ClH/c1-24(21,22)19-12-4-2-10(3-5-12)13-9-23-15(17-13)18-14(20)11-6-7-16-8-11;/h2-5,9,11,16,19H,6-8H2,1H3,(H,17,18,20);1H. The summed E-state index contributed by atoms with van der Waals surface area (Å²) >= 11 is 1.37. The minimum atomic E-state index is -3.29. The van der Waals surface area contributed by atoms with Crippen LogP contribution < -0.4 is 15.4 Å². The summed E-state index contributed by atoms with van der Waals surface area (Å²) in [5.41, 5.74) is 2.10. The maximum absolute atomic E-state index is 12.1. The van der Waals surface area contributed by atoms with Crippen molar-refractivity contribution in [3.63, 3.8) is 0 Å². The highest BCUT2D eigenvalue weighted by Gasteiger charge is 2.23. The Bertz CT molecular complexity index is 831. The van der Waals surface area contributed by atoms with Gasteiger partial charge in [0.15, 0.2) is 5.13 Å². The molecule has 1 aliphatic rings. The van der Waals surface area contributed by atoms with Crippen LogP contribution in [0.2, 0.25) is 0 Å². The zero-order valence-corrected chi connectivity index (χ0v) is 15.9. The van der Waals surface area contributed by atoms with Crippen LogP contribution in [0.5, 0.6) is 0 Å². The third kappa shape index (κ3) is 5.40. The number of nitrogens with one attached hydrogen (secondary N) is 3. The molecule has 1 amide bonds. The summed E-state index contributed by atoms with van der Waals surface area (Å²) in [7, 11) is -3.29. The number of thiazole rings is 1. The molecule has 1 saturated heterocycles. The number of carbonyl (C=O) groups is 1. The van der Waals surface area contributed by atoms with E-state index in [1.165, 1.54) is 11.3 Å². The molecule has 1 fully saturated rings. The Morgan fingerprint density at radius 3 is 2.64 bits per heavy atom. The molecule has 0 spiro atoms. The molecule has 1 aliphatic heterocycles. The Hall–Kier alpha value is -1.68. The average molecular weight is 403 g/mol. The first-order valence-corrected chi connectivity index (χ1v) is 10.2. The number of anilines is 2. The summed E-state index contributed by atoms with van der Waals surface area (Å²) in [4.78, 5) is 16.5. The Kier molecular flexibility index (Phi) is 6.39. The lowest BCUT2D eigenvalue weighted by Gasteiger charge is -2.07. The van der Waals surface area contributed by atoms with E-state index in [2.05, 4.69) is 20.3 Å². The fraction of sp³-hybridized carbons (Fsp3) is 0.333. The second kappa shape index (κ2) is 8.13. The lowest BCUT2D eigenvalue weighted by molar-refractivity contribution is -0.119. The summed E-state index contributed by atoms with van der Waals surface area (Å²) in [6.07, 6.45) is 1.95. The number of sulfonamides is 1. The molecule has 2 aromatic rings. The van der Waals surface area contributed by atoms with Crippen molar-refractivity contribution < 1.29 is 13.2 Å². The van der Waals surface area contributed by atoms with E-state index in [1.54, 1.807) is 24.3 Å². The maximum Gasteiger partial charge on any atom is 0.230 e. The molecule has 2 heterocycles. The number of aromatic nitrogens is 1. The van der Waals surface area contributed by atoms with Crippen LogP contribution in [-0.2, 0) is 14.8 Å². The first kappa shape index (κ1) is 19.6. The molecular formula is C15H19ClN4O3S2. The highest BCUT2D eigenvalue weighted by atomic mass is 35.5. The summed E-state index contributed by atoms with van der Waals surface area (Å²) < 4.78 is 24.8. The third-order valence-electron chi connectivity index (χ3n) is 3.65. The predicted molar refractivity (Wildman–Crippen MR) is 103 cm³/mol. The summed E-state index contributed by atoms with van der Waals surface area (Å²) in [5, 5.41) is 8.45. The number of hydrogen-bond acceptors (Lipinski definition) is 6.